The van der Waals surface area contributed by atoms with Gasteiger partial charge in [0, 0.05) is 13.1 Å². The summed E-state index contributed by atoms with van der Waals surface area (Å²) in [6, 6.07) is 0. The molecule has 0 aromatic heterocycles. The van der Waals surface area contributed by atoms with Crippen LogP contribution < -0.4 is 0 Å². The minimum absolute atomic E-state index is 0.0989. The second-order valence-corrected chi connectivity index (χ2v) is 5.55. The fourth-order valence-corrected chi connectivity index (χ4v) is 3.00. The first kappa shape index (κ1) is 9.31. The molecule has 0 aromatic carbocycles. The highest BCUT2D eigenvalue weighted by atomic mass is 32.2. The van der Waals surface area contributed by atoms with Gasteiger partial charge >= 0.3 is 0 Å². The smallest absolute Gasteiger partial charge is 0.158 e. The van der Waals surface area contributed by atoms with Gasteiger partial charge < -0.3 is 5.11 Å². The Bertz CT molecular complexity index is 226. The van der Waals surface area contributed by atoms with Crippen molar-refractivity contribution >= 4 is 22.7 Å². The molecule has 1 aliphatic heterocycles. The van der Waals surface area contributed by atoms with E-state index < -0.39 is 15.1 Å². The van der Waals surface area contributed by atoms with Crippen LogP contribution in [-0.2, 0) is 9.84 Å². The second-order valence-electron chi connectivity index (χ2n) is 2.58. The van der Waals surface area contributed by atoms with Crippen molar-refractivity contribution in [1.82, 2.24) is 4.31 Å². The molecule has 1 unspecified atom stereocenters. The molecule has 6 heteroatoms. The molecule has 1 N–H and O–H groups in total. The van der Waals surface area contributed by atoms with Gasteiger partial charge in [-0.2, -0.15) is 0 Å². The van der Waals surface area contributed by atoms with Gasteiger partial charge in [-0.3, -0.25) is 4.31 Å². The van der Waals surface area contributed by atoms with Crippen LogP contribution in [0.25, 0.3) is 0 Å². The lowest BCUT2D eigenvalue weighted by atomic mass is 10.4. The number of hydrogen-bond donors (Lipinski definition) is 2. The summed E-state index contributed by atoms with van der Waals surface area (Å²) in [5.41, 5.74) is 0. The van der Waals surface area contributed by atoms with Gasteiger partial charge in [0.2, 0.25) is 0 Å². The molecule has 1 saturated heterocycles. The Hall–Kier alpha value is 0.220. The summed E-state index contributed by atoms with van der Waals surface area (Å²) in [5.74, 6) is 0.0989. The van der Waals surface area contributed by atoms with E-state index in [0.717, 1.165) is 0 Å². The summed E-state index contributed by atoms with van der Waals surface area (Å²) in [7, 11) is -3.05. The second kappa shape index (κ2) is 3.30. The molecule has 1 heterocycles. The van der Waals surface area contributed by atoms with Crippen molar-refractivity contribution in [3.05, 3.63) is 0 Å². The third-order valence-electron chi connectivity index (χ3n) is 1.76. The van der Waals surface area contributed by atoms with Crippen LogP contribution in [0.2, 0.25) is 0 Å². The van der Waals surface area contributed by atoms with E-state index in [1.165, 1.54) is 0 Å². The molecule has 4 nitrogen and oxygen atoms in total. The van der Waals surface area contributed by atoms with Gasteiger partial charge in [-0.05, 0) is 0 Å². The SMILES string of the molecule is O=S1(=O)CCN(S)CC1CO. The summed E-state index contributed by atoms with van der Waals surface area (Å²) in [6.07, 6.45) is 0. The Labute approximate surface area is 71.7 Å². The van der Waals surface area contributed by atoms with Gasteiger partial charge in [0.15, 0.2) is 9.84 Å². The maximum Gasteiger partial charge on any atom is 0.158 e. The zero-order valence-corrected chi connectivity index (χ0v) is 7.68. The van der Waals surface area contributed by atoms with E-state index >= 15 is 0 Å². The molecule has 1 rings (SSSR count). The first-order valence-electron chi connectivity index (χ1n) is 3.32. The van der Waals surface area contributed by atoms with Crippen molar-refractivity contribution in [3.8, 4) is 0 Å². The van der Waals surface area contributed by atoms with E-state index in [-0.39, 0.29) is 12.4 Å². The molecule has 1 fully saturated rings. The predicted molar refractivity (Wildman–Crippen MR) is 45.2 cm³/mol. The summed E-state index contributed by atoms with van der Waals surface area (Å²) in [5, 5.41) is 8.06. The normalized spacial score (nSPS) is 32.0. The quantitative estimate of drug-likeness (QED) is 0.525. The number of rotatable bonds is 1. The summed E-state index contributed by atoms with van der Waals surface area (Å²) in [4.78, 5) is 0. The van der Waals surface area contributed by atoms with Crippen molar-refractivity contribution in [1.29, 1.82) is 0 Å². The Balaban J connectivity index is 2.72. The Morgan fingerprint density at radius 3 is 2.73 bits per heavy atom. The van der Waals surface area contributed by atoms with Crippen LogP contribution >= 0.6 is 12.8 Å². The van der Waals surface area contributed by atoms with Crippen molar-refractivity contribution in [2.75, 3.05) is 25.4 Å². The molecule has 0 radical (unpaired) electrons. The number of hydrogen-bond acceptors (Lipinski definition) is 5. The molecule has 0 aromatic rings. The highest BCUT2D eigenvalue weighted by molar-refractivity contribution is 7.92. The number of thiol groups is 1. The topological polar surface area (TPSA) is 57.6 Å². The van der Waals surface area contributed by atoms with E-state index in [0.29, 0.717) is 13.1 Å². The summed E-state index contributed by atoms with van der Waals surface area (Å²) < 4.78 is 23.9. The third kappa shape index (κ3) is 2.08. The lowest BCUT2D eigenvalue weighted by Crippen LogP contribution is -2.44. The van der Waals surface area contributed by atoms with Gasteiger partial charge in [-0.15, -0.1) is 0 Å². The highest BCUT2D eigenvalue weighted by Crippen LogP contribution is 2.12. The molecule has 1 aliphatic rings. The van der Waals surface area contributed by atoms with Crippen LogP contribution in [0, 0.1) is 0 Å². The molecule has 0 aliphatic carbocycles. The predicted octanol–water partition coefficient (Wildman–Crippen LogP) is -1.08. The fraction of sp³-hybridized carbons (Fsp3) is 1.00. The number of aliphatic hydroxyl groups is 1. The van der Waals surface area contributed by atoms with Gasteiger partial charge in [-0.1, -0.05) is 12.8 Å². The van der Waals surface area contributed by atoms with Crippen LogP contribution in [0.1, 0.15) is 0 Å². The Morgan fingerprint density at radius 1 is 1.64 bits per heavy atom. The molecule has 0 saturated carbocycles. The van der Waals surface area contributed by atoms with Crippen LogP contribution in [0.15, 0.2) is 0 Å². The Kier molecular flexibility index (Phi) is 2.79. The number of aliphatic hydroxyl groups excluding tert-OH is 1. The molecular weight excluding hydrogens is 186 g/mol. The fourth-order valence-electron chi connectivity index (χ4n) is 1.01. The third-order valence-corrected chi connectivity index (χ3v) is 4.19. The largest absolute Gasteiger partial charge is 0.395 e. The van der Waals surface area contributed by atoms with Crippen LogP contribution in [0.4, 0.5) is 0 Å². The van der Waals surface area contributed by atoms with Gasteiger partial charge in [-0.25, -0.2) is 8.42 Å². The van der Waals surface area contributed by atoms with Gasteiger partial charge in [0.25, 0.3) is 0 Å². The van der Waals surface area contributed by atoms with Crippen LogP contribution in [0.5, 0.6) is 0 Å². The van der Waals surface area contributed by atoms with E-state index in [2.05, 4.69) is 12.8 Å². The average molecular weight is 197 g/mol. The first-order chi connectivity index (χ1) is 5.06. The van der Waals surface area contributed by atoms with E-state index in [1.807, 2.05) is 0 Å². The van der Waals surface area contributed by atoms with E-state index in [9.17, 15) is 8.42 Å². The molecule has 0 amide bonds. The lowest BCUT2D eigenvalue weighted by molar-refractivity contribution is 0.271. The summed E-state index contributed by atoms with van der Waals surface area (Å²) >= 11 is 4.01. The molecule has 0 spiro atoms. The zero-order chi connectivity index (χ0) is 8.48. The average Bonchev–Trinajstić information content (AvgIpc) is 1.94. The lowest BCUT2D eigenvalue weighted by Gasteiger charge is -2.27. The standard InChI is InChI=1S/C5H11NO3S2/c7-4-5-3-6(10)1-2-11(5,8)9/h5,7,10H,1-4H2. The maximum absolute atomic E-state index is 11.1. The van der Waals surface area contributed by atoms with Gasteiger partial charge in [0.05, 0.1) is 17.6 Å². The minimum atomic E-state index is -3.05. The number of sulfone groups is 1. The van der Waals surface area contributed by atoms with E-state index in [1.54, 1.807) is 4.31 Å². The van der Waals surface area contributed by atoms with Gasteiger partial charge in [0.1, 0.15) is 0 Å². The summed E-state index contributed by atoms with van der Waals surface area (Å²) in [6.45, 7) is 0.462. The first-order valence-corrected chi connectivity index (χ1v) is 5.44. The monoisotopic (exact) mass is 197 g/mol. The van der Waals surface area contributed by atoms with Crippen molar-refractivity contribution in [2.24, 2.45) is 0 Å². The van der Waals surface area contributed by atoms with Crippen LogP contribution in [-0.4, -0.2) is 48.5 Å². The van der Waals surface area contributed by atoms with E-state index in [4.69, 9.17) is 5.11 Å². The molecule has 11 heavy (non-hydrogen) atoms. The Morgan fingerprint density at radius 2 is 2.27 bits per heavy atom. The maximum atomic E-state index is 11.1. The minimum Gasteiger partial charge on any atom is -0.395 e. The highest BCUT2D eigenvalue weighted by Gasteiger charge is 2.30. The molecule has 1 atom stereocenters. The number of nitrogens with zero attached hydrogens (tertiary/aromatic N) is 1. The van der Waals surface area contributed by atoms with Crippen molar-refractivity contribution < 1.29 is 13.5 Å². The molecular formula is C5H11NO3S2. The van der Waals surface area contributed by atoms with Crippen LogP contribution in [0.3, 0.4) is 0 Å². The zero-order valence-electron chi connectivity index (χ0n) is 5.97. The van der Waals surface area contributed by atoms with Crippen molar-refractivity contribution in [3.63, 3.8) is 0 Å². The van der Waals surface area contributed by atoms with Crippen molar-refractivity contribution in [2.45, 2.75) is 5.25 Å². The molecule has 66 valence electrons. The molecule has 0 bridgehead atoms.